The van der Waals surface area contributed by atoms with E-state index >= 15 is 0 Å². The number of primary amides is 1. The number of carbonyl (C=O) groups excluding carboxylic acids is 2. The highest BCUT2D eigenvalue weighted by molar-refractivity contribution is 6.30. The van der Waals surface area contributed by atoms with Crippen molar-refractivity contribution in [3.8, 4) is 29.1 Å². The fraction of sp³-hybridized carbons (Fsp3) is 0.344. The fourth-order valence-corrected chi connectivity index (χ4v) is 4.78. The van der Waals surface area contributed by atoms with Gasteiger partial charge in [0.1, 0.15) is 17.6 Å². The monoisotopic (exact) mass is 592 g/mol. The molecule has 1 fully saturated rings. The number of nitrogens with zero attached hydrogens (tertiary/aromatic N) is 1. The lowest BCUT2D eigenvalue weighted by atomic mass is 9.82. The SMILES string of the molecule is COc1cc(C(=O)CC[C@](C)(O)c2cc3c(c(C#Cc4cccc(Cl)c4F)n2)OC[C@]3(C)C(N)=O)ccc1OC1CC1. The van der Waals surface area contributed by atoms with E-state index in [0.29, 0.717) is 22.6 Å². The molecule has 10 heteroatoms. The van der Waals surface area contributed by atoms with Gasteiger partial charge in [0.2, 0.25) is 5.91 Å². The van der Waals surface area contributed by atoms with Crippen LogP contribution in [0.1, 0.15) is 72.4 Å². The molecule has 5 rings (SSSR count). The molecule has 3 aromatic rings. The number of hydrogen-bond acceptors (Lipinski definition) is 7. The number of rotatable bonds is 9. The normalized spacial score (nSPS) is 18.6. The van der Waals surface area contributed by atoms with Crippen molar-refractivity contribution >= 4 is 23.3 Å². The van der Waals surface area contributed by atoms with E-state index in [9.17, 15) is 19.1 Å². The molecule has 2 aliphatic rings. The Kier molecular flexibility index (Phi) is 7.88. The van der Waals surface area contributed by atoms with E-state index in [2.05, 4.69) is 16.8 Å². The average molecular weight is 593 g/mol. The van der Waals surface area contributed by atoms with Gasteiger partial charge in [0, 0.05) is 17.5 Å². The summed E-state index contributed by atoms with van der Waals surface area (Å²) in [6.07, 6.45) is 2.15. The Morgan fingerprint density at radius 2 is 2.00 bits per heavy atom. The van der Waals surface area contributed by atoms with E-state index in [1.54, 1.807) is 37.3 Å². The van der Waals surface area contributed by atoms with E-state index in [0.717, 1.165) is 12.8 Å². The van der Waals surface area contributed by atoms with Crippen molar-refractivity contribution < 1.29 is 33.3 Å². The lowest BCUT2D eigenvalue weighted by molar-refractivity contribution is -0.123. The molecule has 218 valence electrons. The molecule has 0 unspecified atom stereocenters. The number of hydrogen-bond donors (Lipinski definition) is 2. The Balaban J connectivity index is 1.44. The summed E-state index contributed by atoms with van der Waals surface area (Å²) in [6, 6.07) is 11.0. The molecule has 1 saturated carbocycles. The van der Waals surface area contributed by atoms with E-state index in [4.69, 9.17) is 31.5 Å². The van der Waals surface area contributed by atoms with Crippen LogP contribution in [0, 0.1) is 17.7 Å². The fourth-order valence-electron chi connectivity index (χ4n) is 4.61. The Hall–Kier alpha value is -4.13. The summed E-state index contributed by atoms with van der Waals surface area (Å²) in [7, 11) is 1.51. The summed E-state index contributed by atoms with van der Waals surface area (Å²) in [4.78, 5) is 30.1. The molecule has 0 bridgehead atoms. The number of ketones is 1. The number of halogens is 2. The Labute approximate surface area is 247 Å². The highest BCUT2D eigenvalue weighted by Crippen LogP contribution is 2.43. The zero-order valence-corrected chi connectivity index (χ0v) is 24.2. The number of pyridine rings is 1. The van der Waals surface area contributed by atoms with Crippen LogP contribution in [0.4, 0.5) is 4.39 Å². The number of methoxy groups -OCH3 is 1. The van der Waals surface area contributed by atoms with Crippen LogP contribution in [0.25, 0.3) is 0 Å². The van der Waals surface area contributed by atoms with Crippen molar-refractivity contribution in [2.45, 2.75) is 56.7 Å². The van der Waals surface area contributed by atoms with Crippen LogP contribution in [0.5, 0.6) is 17.2 Å². The minimum atomic E-state index is -1.61. The maximum absolute atomic E-state index is 14.5. The molecule has 2 heterocycles. The third kappa shape index (κ3) is 5.78. The molecular weight excluding hydrogens is 563 g/mol. The topological polar surface area (TPSA) is 121 Å². The van der Waals surface area contributed by atoms with Gasteiger partial charge in [0.05, 0.1) is 29.5 Å². The molecule has 1 aliphatic heterocycles. The molecule has 42 heavy (non-hydrogen) atoms. The largest absolute Gasteiger partial charge is 0.493 e. The highest BCUT2D eigenvalue weighted by atomic mass is 35.5. The highest BCUT2D eigenvalue weighted by Gasteiger charge is 2.44. The minimum Gasteiger partial charge on any atom is -0.493 e. The Bertz CT molecular complexity index is 1640. The second-order valence-electron chi connectivity index (χ2n) is 10.9. The quantitative estimate of drug-likeness (QED) is 0.270. The molecule has 2 atom stereocenters. The first-order valence-corrected chi connectivity index (χ1v) is 13.9. The molecule has 1 aromatic heterocycles. The van der Waals surface area contributed by atoms with E-state index in [1.165, 1.54) is 26.2 Å². The molecule has 3 N–H and O–H groups in total. The molecule has 0 radical (unpaired) electrons. The van der Waals surface area contributed by atoms with Crippen LogP contribution in [0.3, 0.4) is 0 Å². The first-order valence-electron chi connectivity index (χ1n) is 13.5. The summed E-state index contributed by atoms with van der Waals surface area (Å²) < 4.78 is 31.5. The standard InChI is InChI=1S/C32H30ClFN2O6/c1-31(30(35)38)17-41-29-21(31)16-27(36-23(29)11-7-18-5-4-6-22(33)28(18)34)32(2,39)14-13-24(37)19-8-12-25(26(15-19)40-3)42-20-9-10-20/h4-6,8,12,15-16,20,39H,9-10,13-14,17H2,1-3H3,(H2,35,38)/t31-,32-/m0/s1. The molecule has 1 aliphatic carbocycles. The van der Waals surface area contributed by atoms with Crippen molar-refractivity contribution in [2.75, 3.05) is 13.7 Å². The smallest absolute Gasteiger partial charge is 0.231 e. The van der Waals surface area contributed by atoms with Gasteiger partial charge in [-0.15, -0.1) is 0 Å². The predicted octanol–water partition coefficient (Wildman–Crippen LogP) is 4.83. The van der Waals surface area contributed by atoms with Gasteiger partial charge in [-0.1, -0.05) is 23.6 Å². The van der Waals surface area contributed by atoms with Crippen LogP contribution in [0.2, 0.25) is 5.02 Å². The van der Waals surface area contributed by atoms with Crippen molar-refractivity contribution in [3.63, 3.8) is 0 Å². The van der Waals surface area contributed by atoms with Crippen LogP contribution >= 0.6 is 11.6 Å². The van der Waals surface area contributed by atoms with Gasteiger partial charge in [-0.05, 0) is 75.4 Å². The minimum absolute atomic E-state index is 0.00416. The predicted molar refractivity (Wildman–Crippen MR) is 153 cm³/mol. The Morgan fingerprint density at radius 3 is 2.69 bits per heavy atom. The third-order valence-electron chi connectivity index (χ3n) is 7.58. The van der Waals surface area contributed by atoms with Crippen LogP contribution in [-0.4, -0.2) is 41.6 Å². The molecule has 0 saturated heterocycles. The number of aromatic nitrogens is 1. The lowest BCUT2D eigenvalue weighted by Gasteiger charge is -2.25. The summed E-state index contributed by atoms with van der Waals surface area (Å²) in [5.74, 6) is 5.26. The van der Waals surface area contributed by atoms with Gasteiger partial charge in [-0.25, -0.2) is 9.37 Å². The van der Waals surface area contributed by atoms with Crippen molar-refractivity contribution in [2.24, 2.45) is 5.73 Å². The van der Waals surface area contributed by atoms with Crippen LogP contribution < -0.4 is 19.9 Å². The average Bonchev–Trinajstić information content (AvgIpc) is 3.72. The third-order valence-corrected chi connectivity index (χ3v) is 7.87. The van der Waals surface area contributed by atoms with Crippen LogP contribution in [0.15, 0.2) is 42.5 Å². The second-order valence-corrected chi connectivity index (χ2v) is 11.4. The molecular formula is C32H30ClFN2O6. The summed E-state index contributed by atoms with van der Waals surface area (Å²) >= 11 is 5.89. The maximum atomic E-state index is 14.5. The van der Waals surface area contributed by atoms with E-state index in [1.807, 2.05) is 0 Å². The van der Waals surface area contributed by atoms with Gasteiger partial charge in [-0.3, -0.25) is 9.59 Å². The number of aliphatic hydroxyl groups is 1. The second kappa shape index (κ2) is 11.3. The number of benzene rings is 2. The van der Waals surface area contributed by atoms with E-state index in [-0.39, 0.29) is 59.1 Å². The van der Waals surface area contributed by atoms with E-state index < -0.39 is 22.7 Å². The molecule has 0 spiro atoms. The van der Waals surface area contributed by atoms with Gasteiger partial charge >= 0.3 is 0 Å². The van der Waals surface area contributed by atoms with Gasteiger partial charge in [-0.2, -0.15) is 0 Å². The lowest BCUT2D eigenvalue weighted by Crippen LogP contribution is -2.40. The number of fused-ring (bicyclic) bond motifs is 1. The first kappa shape index (κ1) is 29.4. The number of nitrogens with two attached hydrogens (primary N) is 1. The Morgan fingerprint density at radius 1 is 1.24 bits per heavy atom. The van der Waals surface area contributed by atoms with Gasteiger partial charge in [0.25, 0.3) is 0 Å². The summed E-state index contributed by atoms with van der Waals surface area (Å²) in [5, 5.41) is 11.4. The van der Waals surface area contributed by atoms with Crippen molar-refractivity contribution in [1.29, 1.82) is 0 Å². The van der Waals surface area contributed by atoms with Crippen LogP contribution in [-0.2, 0) is 15.8 Å². The molecule has 8 nitrogen and oxygen atoms in total. The van der Waals surface area contributed by atoms with Gasteiger partial charge in [0.15, 0.2) is 34.5 Å². The van der Waals surface area contributed by atoms with Gasteiger partial charge < -0.3 is 25.1 Å². The molecule has 2 aromatic carbocycles. The number of Topliss-reactive ketones (excluding diaryl/α,β-unsaturated/α-hetero) is 1. The first-order chi connectivity index (χ1) is 19.9. The molecule has 1 amide bonds. The zero-order valence-electron chi connectivity index (χ0n) is 23.4. The number of ether oxygens (including phenoxy) is 3. The number of amides is 1. The maximum Gasteiger partial charge on any atom is 0.231 e. The zero-order chi connectivity index (χ0) is 30.2. The van der Waals surface area contributed by atoms with Crippen molar-refractivity contribution in [3.05, 3.63) is 81.4 Å². The summed E-state index contributed by atoms with van der Waals surface area (Å²) in [5.41, 5.74) is 4.01. The number of carbonyl (C=O) groups is 2. The summed E-state index contributed by atoms with van der Waals surface area (Å²) in [6.45, 7) is 3.10. The van der Waals surface area contributed by atoms with Crippen molar-refractivity contribution in [1.82, 2.24) is 4.98 Å².